The van der Waals surface area contributed by atoms with Gasteiger partial charge in [0, 0.05) is 10.9 Å². The van der Waals surface area contributed by atoms with E-state index in [-0.39, 0.29) is 0 Å². The van der Waals surface area contributed by atoms with E-state index >= 15 is 0 Å². The van der Waals surface area contributed by atoms with E-state index in [1.807, 2.05) is 48.5 Å². The molecule has 158 valence electrons. The predicted molar refractivity (Wildman–Crippen MR) is 124 cm³/mol. The number of aromatic amines is 1. The van der Waals surface area contributed by atoms with Gasteiger partial charge in [0.25, 0.3) is 0 Å². The van der Waals surface area contributed by atoms with Crippen LogP contribution in [0, 0.1) is 0 Å². The number of para-hydroxylation sites is 1. The Morgan fingerprint density at radius 1 is 0.906 bits per heavy atom. The highest BCUT2D eigenvalue weighted by Crippen LogP contribution is 2.25. The van der Waals surface area contributed by atoms with E-state index in [1.54, 1.807) is 0 Å². The molecule has 5 rings (SSSR count). The number of benzene rings is 3. The maximum atomic E-state index is 6.04. The van der Waals surface area contributed by atoms with Crippen LogP contribution in [-0.4, -0.2) is 25.6 Å². The van der Waals surface area contributed by atoms with Crippen molar-refractivity contribution >= 4 is 10.9 Å². The predicted octanol–water partition coefficient (Wildman–Crippen LogP) is 5.34. The normalized spacial score (nSPS) is 12.0. The number of hydrogen-bond donors (Lipinski definition) is 1. The Kier molecular flexibility index (Phi) is 5.58. The molecule has 6 heteroatoms. The molecule has 6 nitrogen and oxygen atoms in total. The molecule has 0 saturated heterocycles. The van der Waals surface area contributed by atoms with Gasteiger partial charge in [0.2, 0.25) is 0 Å². The first-order valence-corrected chi connectivity index (χ1v) is 10.6. The number of aromatic nitrogens is 5. The quantitative estimate of drug-likeness (QED) is 0.384. The molecule has 3 aromatic carbocycles. The van der Waals surface area contributed by atoms with Gasteiger partial charge in [0.05, 0.1) is 11.2 Å². The van der Waals surface area contributed by atoms with Crippen LogP contribution >= 0.6 is 0 Å². The molecular formula is C26H23N5O. The first-order chi connectivity index (χ1) is 15.7. The van der Waals surface area contributed by atoms with Crippen molar-refractivity contribution in [3.63, 3.8) is 0 Å². The fourth-order valence-corrected chi connectivity index (χ4v) is 3.83. The molecule has 5 aromatic rings. The van der Waals surface area contributed by atoms with Crippen LogP contribution in [-0.2, 0) is 13.0 Å². The molecule has 0 saturated carbocycles. The second-order valence-electron chi connectivity index (χ2n) is 7.91. The molecule has 0 aliphatic carbocycles. The molecule has 0 bridgehead atoms. The zero-order valence-corrected chi connectivity index (χ0v) is 17.8. The van der Waals surface area contributed by atoms with Crippen molar-refractivity contribution in [2.75, 3.05) is 0 Å². The van der Waals surface area contributed by atoms with E-state index in [4.69, 9.17) is 4.74 Å². The van der Waals surface area contributed by atoms with Crippen LogP contribution in [0.2, 0.25) is 0 Å². The Morgan fingerprint density at radius 3 is 2.62 bits per heavy atom. The van der Waals surface area contributed by atoms with Crippen molar-refractivity contribution in [2.24, 2.45) is 0 Å². The fraction of sp³-hybridized carbons (Fsp3) is 0.154. The molecule has 0 fully saturated rings. The van der Waals surface area contributed by atoms with Crippen molar-refractivity contribution in [1.82, 2.24) is 25.6 Å². The van der Waals surface area contributed by atoms with Crippen LogP contribution in [0.25, 0.3) is 22.3 Å². The van der Waals surface area contributed by atoms with Gasteiger partial charge < -0.3 is 4.74 Å². The Balaban J connectivity index is 1.23. The van der Waals surface area contributed by atoms with E-state index in [1.165, 1.54) is 11.1 Å². The van der Waals surface area contributed by atoms with Gasteiger partial charge in [-0.25, -0.2) is 10.1 Å². The number of ether oxygens (including phenoxy) is 1. The van der Waals surface area contributed by atoms with Crippen LogP contribution < -0.4 is 4.74 Å². The summed E-state index contributed by atoms with van der Waals surface area (Å²) in [6, 6.07) is 28.9. The summed E-state index contributed by atoms with van der Waals surface area (Å²) in [4.78, 5) is 4.69. The maximum Gasteiger partial charge on any atom is 0.179 e. The maximum absolute atomic E-state index is 6.04. The summed E-state index contributed by atoms with van der Waals surface area (Å²) in [5, 5.41) is 15.1. The summed E-state index contributed by atoms with van der Waals surface area (Å²) in [5.74, 6) is 1.90. The highest BCUT2D eigenvalue weighted by atomic mass is 16.5. The summed E-state index contributed by atoms with van der Waals surface area (Å²) >= 11 is 0. The van der Waals surface area contributed by atoms with E-state index in [2.05, 4.69) is 68.9 Å². The van der Waals surface area contributed by atoms with Crippen molar-refractivity contribution < 1.29 is 4.74 Å². The number of rotatable bonds is 7. The zero-order chi connectivity index (χ0) is 21.8. The smallest absolute Gasteiger partial charge is 0.179 e. The van der Waals surface area contributed by atoms with Crippen molar-refractivity contribution in [3.8, 4) is 17.1 Å². The standard InChI is InChI=1S/C26H23N5O/c1-18(20-9-11-22(12-10-20)26-28-30-31-29-26)15-19-5-4-7-24(16-19)32-17-23-14-13-21-6-2-3-8-25(21)27-23/h2-14,16,18H,15,17H2,1H3,(H,28,29,30,31). The van der Waals surface area contributed by atoms with E-state index < -0.39 is 0 Å². The van der Waals surface area contributed by atoms with Gasteiger partial charge in [-0.15, -0.1) is 5.10 Å². The average Bonchev–Trinajstić information content (AvgIpc) is 3.38. The lowest BCUT2D eigenvalue weighted by molar-refractivity contribution is 0.301. The van der Waals surface area contributed by atoms with Crippen molar-refractivity contribution in [1.29, 1.82) is 0 Å². The molecule has 32 heavy (non-hydrogen) atoms. The summed E-state index contributed by atoms with van der Waals surface area (Å²) < 4.78 is 6.04. The highest BCUT2D eigenvalue weighted by Gasteiger charge is 2.09. The topological polar surface area (TPSA) is 76.6 Å². The van der Waals surface area contributed by atoms with Gasteiger partial charge in [0.1, 0.15) is 12.4 Å². The third kappa shape index (κ3) is 4.49. The molecular weight excluding hydrogens is 398 g/mol. The van der Waals surface area contributed by atoms with Crippen molar-refractivity contribution in [2.45, 2.75) is 25.9 Å². The molecule has 1 unspecified atom stereocenters. The summed E-state index contributed by atoms with van der Waals surface area (Å²) in [6.45, 7) is 2.68. The van der Waals surface area contributed by atoms with Crippen molar-refractivity contribution in [3.05, 3.63) is 102 Å². The Morgan fingerprint density at radius 2 is 1.78 bits per heavy atom. The minimum Gasteiger partial charge on any atom is -0.487 e. The molecule has 2 heterocycles. The van der Waals surface area contributed by atoms with Gasteiger partial charge in [-0.1, -0.05) is 67.6 Å². The van der Waals surface area contributed by atoms with Gasteiger partial charge in [-0.2, -0.15) is 0 Å². The van der Waals surface area contributed by atoms with Gasteiger partial charge >= 0.3 is 0 Å². The first-order valence-electron chi connectivity index (χ1n) is 10.6. The second kappa shape index (κ2) is 8.98. The summed E-state index contributed by atoms with van der Waals surface area (Å²) in [5.41, 5.74) is 5.40. The SMILES string of the molecule is CC(Cc1cccc(OCc2ccc3ccccc3n2)c1)c1ccc(-c2nnn[nH]2)cc1. The second-order valence-corrected chi connectivity index (χ2v) is 7.91. The molecule has 0 aliphatic rings. The Labute approximate surface area is 186 Å². The van der Waals surface area contributed by atoms with Gasteiger partial charge in [-0.3, -0.25) is 0 Å². The third-order valence-corrected chi connectivity index (χ3v) is 5.58. The number of hydrogen-bond acceptors (Lipinski definition) is 5. The highest BCUT2D eigenvalue weighted by molar-refractivity contribution is 5.78. The van der Waals surface area contributed by atoms with Crippen LogP contribution in [0.15, 0.2) is 84.9 Å². The number of tetrazole rings is 1. The number of nitrogens with zero attached hydrogens (tertiary/aromatic N) is 4. The Hall–Kier alpha value is -4.06. The Bertz CT molecular complexity index is 1320. The van der Waals surface area contributed by atoms with Gasteiger partial charge in [0.15, 0.2) is 5.82 Å². The van der Waals surface area contributed by atoms with Gasteiger partial charge in [-0.05, 0) is 58.2 Å². The van der Waals surface area contributed by atoms with Crippen LogP contribution in [0.1, 0.15) is 29.7 Å². The number of fused-ring (bicyclic) bond motifs is 1. The lowest BCUT2D eigenvalue weighted by atomic mass is 9.93. The van der Waals surface area contributed by atoms with Crippen LogP contribution in [0.4, 0.5) is 0 Å². The largest absolute Gasteiger partial charge is 0.487 e. The molecule has 0 aliphatic heterocycles. The number of pyridine rings is 1. The van der Waals surface area contributed by atoms with Crippen LogP contribution in [0.3, 0.4) is 0 Å². The lowest BCUT2D eigenvalue weighted by Crippen LogP contribution is -2.01. The summed E-state index contributed by atoms with van der Waals surface area (Å²) in [7, 11) is 0. The average molecular weight is 422 g/mol. The number of nitrogens with one attached hydrogen (secondary N) is 1. The van der Waals surface area contributed by atoms with E-state index in [0.717, 1.165) is 34.3 Å². The molecule has 0 radical (unpaired) electrons. The minimum absolute atomic E-state index is 0.370. The monoisotopic (exact) mass is 421 g/mol. The molecule has 1 atom stereocenters. The fourth-order valence-electron chi connectivity index (χ4n) is 3.83. The molecule has 1 N–H and O–H groups in total. The first kappa shape index (κ1) is 19.9. The molecule has 2 aromatic heterocycles. The third-order valence-electron chi connectivity index (χ3n) is 5.58. The van der Waals surface area contributed by atoms with E-state index in [9.17, 15) is 0 Å². The lowest BCUT2D eigenvalue weighted by Gasteiger charge is -2.14. The zero-order valence-electron chi connectivity index (χ0n) is 17.8. The summed E-state index contributed by atoms with van der Waals surface area (Å²) in [6.07, 6.45) is 0.925. The van der Waals surface area contributed by atoms with Crippen LogP contribution in [0.5, 0.6) is 5.75 Å². The minimum atomic E-state index is 0.370. The van der Waals surface area contributed by atoms with E-state index in [0.29, 0.717) is 18.3 Å². The molecule has 0 spiro atoms. The molecule has 0 amide bonds. The number of H-pyrrole nitrogens is 1.